The lowest BCUT2D eigenvalue weighted by atomic mass is 10.2. The molecule has 0 radical (unpaired) electrons. The van der Waals surface area contributed by atoms with E-state index >= 15 is 0 Å². The third-order valence-corrected chi connectivity index (χ3v) is 1.99. The number of nitrogens with two attached hydrogens (primary N) is 1. The fourth-order valence-electron chi connectivity index (χ4n) is 1.18. The van der Waals surface area contributed by atoms with Crippen LogP contribution in [0.1, 0.15) is 24.4 Å². The van der Waals surface area contributed by atoms with Crippen LogP contribution in [0.3, 0.4) is 0 Å². The Morgan fingerprint density at radius 3 is 3.07 bits per heavy atom. The molecule has 74 valence electrons. The van der Waals surface area contributed by atoms with Gasteiger partial charge in [-0.25, -0.2) is 0 Å². The molecule has 2 rings (SSSR count). The summed E-state index contributed by atoms with van der Waals surface area (Å²) < 4.78 is 6.42. The van der Waals surface area contributed by atoms with Gasteiger partial charge < -0.3 is 10.3 Å². The van der Waals surface area contributed by atoms with E-state index in [1.54, 1.807) is 10.9 Å². The largest absolute Gasteiger partial charge is 0.343 e. The lowest BCUT2D eigenvalue weighted by Gasteiger charge is -2.01. The first-order valence-electron chi connectivity index (χ1n) is 4.35. The summed E-state index contributed by atoms with van der Waals surface area (Å²) in [7, 11) is 0. The van der Waals surface area contributed by atoms with Crippen molar-refractivity contribution in [2.45, 2.75) is 19.5 Å². The zero-order valence-corrected chi connectivity index (χ0v) is 7.79. The van der Waals surface area contributed by atoms with Gasteiger partial charge in [0.2, 0.25) is 6.39 Å². The van der Waals surface area contributed by atoms with Gasteiger partial charge in [-0.3, -0.25) is 4.68 Å². The molecule has 0 aliphatic carbocycles. The molecular formula is C8H11N5O. The molecule has 2 heterocycles. The smallest absolute Gasteiger partial charge is 0.213 e. The van der Waals surface area contributed by atoms with Crippen molar-refractivity contribution in [3.05, 3.63) is 30.2 Å². The summed E-state index contributed by atoms with van der Waals surface area (Å²) in [6, 6.07) is -0.367. The van der Waals surface area contributed by atoms with Gasteiger partial charge >= 0.3 is 0 Å². The van der Waals surface area contributed by atoms with Crippen molar-refractivity contribution in [2.24, 2.45) is 5.73 Å². The molecule has 0 saturated carbocycles. The molecule has 0 aliphatic heterocycles. The van der Waals surface area contributed by atoms with Gasteiger partial charge in [-0.05, 0) is 6.92 Å². The Morgan fingerprint density at radius 2 is 2.50 bits per heavy atom. The summed E-state index contributed by atoms with van der Waals surface area (Å²) in [4.78, 5) is 3.89. The highest BCUT2D eigenvalue weighted by molar-refractivity contribution is 5.17. The highest BCUT2D eigenvalue weighted by Crippen LogP contribution is 2.14. The van der Waals surface area contributed by atoms with Gasteiger partial charge in [-0.2, -0.15) is 10.1 Å². The molecule has 6 heteroatoms. The standard InChI is InChI=1S/C8H11N5O/c1-2-13-4-6(3-11-13)7(9)8-10-5-14-12-8/h3-5,7H,2,9H2,1H3. The van der Waals surface area contributed by atoms with Crippen LogP contribution in [0.4, 0.5) is 0 Å². The maximum Gasteiger partial charge on any atom is 0.213 e. The van der Waals surface area contributed by atoms with Gasteiger partial charge in [0.05, 0.1) is 12.2 Å². The average molecular weight is 193 g/mol. The SMILES string of the molecule is CCn1cc(C(N)c2ncon2)cn1. The van der Waals surface area contributed by atoms with E-state index in [1.807, 2.05) is 13.1 Å². The molecule has 0 aromatic carbocycles. The second-order valence-corrected chi connectivity index (χ2v) is 2.90. The Balaban J connectivity index is 2.23. The molecule has 0 fully saturated rings. The van der Waals surface area contributed by atoms with Crippen molar-refractivity contribution in [2.75, 3.05) is 0 Å². The molecule has 2 aromatic rings. The van der Waals surface area contributed by atoms with Gasteiger partial charge in [-0.15, -0.1) is 0 Å². The average Bonchev–Trinajstić information content (AvgIpc) is 2.88. The van der Waals surface area contributed by atoms with E-state index in [-0.39, 0.29) is 6.04 Å². The van der Waals surface area contributed by atoms with Crippen molar-refractivity contribution in [1.29, 1.82) is 0 Å². The fraction of sp³-hybridized carbons (Fsp3) is 0.375. The van der Waals surface area contributed by atoms with Crippen LogP contribution in [0.5, 0.6) is 0 Å². The van der Waals surface area contributed by atoms with E-state index in [0.717, 1.165) is 12.1 Å². The molecule has 1 atom stereocenters. The summed E-state index contributed by atoms with van der Waals surface area (Å²) >= 11 is 0. The number of aryl methyl sites for hydroxylation is 1. The first-order chi connectivity index (χ1) is 6.81. The molecule has 1 unspecified atom stereocenters. The number of nitrogens with zero attached hydrogens (tertiary/aromatic N) is 4. The molecule has 0 spiro atoms. The first-order valence-corrected chi connectivity index (χ1v) is 4.35. The van der Waals surface area contributed by atoms with Crippen LogP contribution < -0.4 is 5.73 Å². The Morgan fingerprint density at radius 1 is 1.64 bits per heavy atom. The molecule has 0 bridgehead atoms. The highest BCUT2D eigenvalue weighted by Gasteiger charge is 2.14. The zero-order valence-electron chi connectivity index (χ0n) is 7.79. The highest BCUT2D eigenvalue weighted by atomic mass is 16.5. The number of hydrogen-bond donors (Lipinski definition) is 1. The van der Waals surface area contributed by atoms with E-state index in [2.05, 4.69) is 19.8 Å². The maximum atomic E-state index is 5.89. The predicted molar refractivity (Wildman–Crippen MR) is 48.2 cm³/mol. The van der Waals surface area contributed by atoms with Gasteiger partial charge in [0, 0.05) is 18.3 Å². The van der Waals surface area contributed by atoms with Gasteiger partial charge in [0.1, 0.15) is 0 Å². The normalized spacial score (nSPS) is 13.0. The summed E-state index contributed by atoms with van der Waals surface area (Å²) in [6.07, 6.45) is 4.85. The van der Waals surface area contributed by atoms with Crippen LogP contribution >= 0.6 is 0 Å². The van der Waals surface area contributed by atoms with Crippen molar-refractivity contribution >= 4 is 0 Å². The first kappa shape index (κ1) is 8.89. The van der Waals surface area contributed by atoms with E-state index in [0.29, 0.717) is 5.82 Å². The monoisotopic (exact) mass is 193 g/mol. The summed E-state index contributed by atoms with van der Waals surface area (Å²) in [5.74, 6) is 0.473. The third-order valence-electron chi connectivity index (χ3n) is 1.99. The summed E-state index contributed by atoms with van der Waals surface area (Å²) in [6.45, 7) is 2.83. The van der Waals surface area contributed by atoms with E-state index < -0.39 is 0 Å². The second-order valence-electron chi connectivity index (χ2n) is 2.90. The summed E-state index contributed by atoms with van der Waals surface area (Å²) in [5.41, 5.74) is 6.77. The topological polar surface area (TPSA) is 82.8 Å². The minimum Gasteiger partial charge on any atom is -0.343 e. The predicted octanol–water partition coefficient (Wildman–Crippen LogP) is 0.334. The fourth-order valence-corrected chi connectivity index (χ4v) is 1.18. The number of hydrogen-bond acceptors (Lipinski definition) is 5. The van der Waals surface area contributed by atoms with Crippen molar-refractivity contribution in [3.63, 3.8) is 0 Å². The molecule has 14 heavy (non-hydrogen) atoms. The second kappa shape index (κ2) is 3.59. The van der Waals surface area contributed by atoms with Crippen LogP contribution in [0, 0.1) is 0 Å². The van der Waals surface area contributed by atoms with Gasteiger partial charge in [-0.1, -0.05) is 5.16 Å². The Labute approximate surface area is 80.7 Å². The van der Waals surface area contributed by atoms with Crippen LogP contribution in [0.15, 0.2) is 23.3 Å². The van der Waals surface area contributed by atoms with Crippen LogP contribution in [-0.4, -0.2) is 19.9 Å². The zero-order chi connectivity index (χ0) is 9.97. The molecule has 2 aromatic heterocycles. The summed E-state index contributed by atoms with van der Waals surface area (Å²) in [5, 5.41) is 7.80. The van der Waals surface area contributed by atoms with Gasteiger partial charge in [0.25, 0.3) is 0 Å². The molecule has 0 saturated heterocycles. The molecular weight excluding hydrogens is 182 g/mol. The third kappa shape index (κ3) is 1.51. The Kier molecular flexibility index (Phi) is 2.28. The Bertz CT molecular complexity index is 394. The van der Waals surface area contributed by atoms with Crippen LogP contribution in [0.2, 0.25) is 0 Å². The van der Waals surface area contributed by atoms with Crippen LogP contribution in [-0.2, 0) is 6.54 Å². The quantitative estimate of drug-likeness (QED) is 0.759. The van der Waals surface area contributed by atoms with Crippen molar-refractivity contribution in [3.8, 4) is 0 Å². The molecule has 2 N–H and O–H groups in total. The van der Waals surface area contributed by atoms with E-state index in [9.17, 15) is 0 Å². The lowest BCUT2D eigenvalue weighted by Crippen LogP contribution is -2.12. The number of aromatic nitrogens is 4. The van der Waals surface area contributed by atoms with Crippen LogP contribution in [0.25, 0.3) is 0 Å². The minimum absolute atomic E-state index is 0.367. The lowest BCUT2D eigenvalue weighted by molar-refractivity contribution is 0.407. The molecule has 6 nitrogen and oxygen atoms in total. The van der Waals surface area contributed by atoms with E-state index in [1.165, 1.54) is 6.39 Å². The Hall–Kier alpha value is -1.69. The van der Waals surface area contributed by atoms with E-state index in [4.69, 9.17) is 5.73 Å². The van der Waals surface area contributed by atoms with Gasteiger partial charge in [0.15, 0.2) is 5.82 Å². The number of rotatable bonds is 3. The molecule has 0 amide bonds. The van der Waals surface area contributed by atoms with Crippen molar-refractivity contribution in [1.82, 2.24) is 19.9 Å². The molecule has 0 aliphatic rings. The maximum absolute atomic E-state index is 5.89. The van der Waals surface area contributed by atoms with Crippen molar-refractivity contribution < 1.29 is 4.52 Å². The minimum atomic E-state index is -0.367.